The summed E-state index contributed by atoms with van der Waals surface area (Å²) in [4.78, 5) is 50.7. The minimum Gasteiger partial charge on any atom is -0.657 e. The average molecular weight is 754 g/mol. The molecule has 8 bridgehead atoms. The molecule has 6 heterocycles. The molecule has 264 valence electrons. The van der Waals surface area contributed by atoms with Gasteiger partial charge >= 0.3 is 16.5 Å². The predicted molar refractivity (Wildman–Crippen MR) is 214 cm³/mol. The Labute approximate surface area is 326 Å². The Morgan fingerprint density at radius 3 is 1.07 bits per heavy atom. The summed E-state index contributed by atoms with van der Waals surface area (Å²) < 4.78 is 0. The fourth-order valence-corrected chi connectivity index (χ4v) is 7.67. The first-order valence-electron chi connectivity index (χ1n) is 17.7. The van der Waals surface area contributed by atoms with Crippen LogP contribution in [0.4, 0.5) is 0 Å². The van der Waals surface area contributed by atoms with Gasteiger partial charge in [0.25, 0.3) is 11.8 Å². The zero-order valence-electron chi connectivity index (χ0n) is 29.4. The van der Waals surface area contributed by atoms with Crippen molar-refractivity contribution in [2.24, 2.45) is 0 Å². The maximum atomic E-state index is 14.2. The molecule has 7 aromatic rings. The quantitative estimate of drug-likeness (QED) is 0.131. The minimum absolute atomic E-state index is 0. The standard InChI is InChI=1S/C47H31N5O2.Ni/c1-52-46(53)42-43(47(52)54)45-41(31-20-12-5-13-21-31)37-27-25-35(50-37)39(29-16-8-3-9-17-29)33-23-22-32(48-33)38(28-14-6-2-7-15-28)34-24-26-36(49-34)40(44(42)51-45)30-18-10-4-11-19-30;/h2-27H,1H3,(H2,48,49,50,51,53,54);/q;+2/p-2. The second-order valence-electron chi connectivity index (χ2n) is 13.3. The number of fused-ring (bicyclic) bond motifs is 10. The zero-order valence-corrected chi connectivity index (χ0v) is 30.4. The number of hydrogen-bond acceptors (Lipinski definition) is 4. The molecule has 3 aliphatic heterocycles. The summed E-state index contributed by atoms with van der Waals surface area (Å²) in [6, 6.07) is 47.7. The van der Waals surface area contributed by atoms with Crippen molar-refractivity contribution in [1.82, 2.24) is 24.8 Å². The summed E-state index contributed by atoms with van der Waals surface area (Å²) in [5.74, 6) is -0.815. The van der Waals surface area contributed by atoms with E-state index in [1.54, 1.807) is 0 Å². The van der Waals surface area contributed by atoms with E-state index < -0.39 is 11.8 Å². The van der Waals surface area contributed by atoms with Gasteiger partial charge in [0.2, 0.25) is 0 Å². The monoisotopic (exact) mass is 753 g/mol. The maximum absolute atomic E-state index is 14.2. The zero-order chi connectivity index (χ0) is 36.3. The van der Waals surface area contributed by atoms with Crippen LogP contribution in [0.3, 0.4) is 0 Å². The fraction of sp³-hybridized carbons (Fsp3) is 0.0213. The summed E-state index contributed by atoms with van der Waals surface area (Å²) in [7, 11) is 1.52. The van der Waals surface area contributed by atoms with E-state index in [2.05, 4.69) is 24.3 Å². The number of carbonyl (C=O) groups is 2. The molecule has 0 saturated heterocycles. The summed E-state index contributed by atoms with van der Waals surface area (Å²) in [6.45, 7) is 0. The summed E-state index contributed by atoms with van der Waals surface area (Å²) in [5, 5.41) is 0. The summed E-state index contributed by atoms with van der Waals surface area (Å²) in [6.07, 6.45) is 4.08. The molecule has 2 amide bonds. The van der Waals surface area contributed by atoms with Gasteiger partial charge in [0, 0.05) is 7.05 Å². The maximum Gasteiger partial charge on any atom is 2.00 e. The number of nitrogens with zero attached hydrogens (tertiary/aromatic N) is 5. The van der Waals surface area contributed by atoms with Crippen LogP contribution in [0.5, 0.6) is 0 Å². The van der Waals surface area contributed by atoms with Crippen LogP contribution in [0, 0.1) is 0 Å². The first kappa shape index (κ1) is 33.9. The van der Waals surface area contributed by atoms with Crippen LogP contribution < -0.4 is 9.97 Å². The molecular formula is C47H29N5NiO2. The molecule has 0 radical (unpaired) electrons. The van der Waals surface area contributed by atoms with Gasteiger partial charge in [0.15, 0.2) is 0 Å². The van der Waals surface area contributed by atoms with Crippen molar-refractivity contribution in [3.05, 3.63) is 168 Å². The molecule has 0 atom stereocenters. The van der Waals surface area contributed by atoms with E-state index in [4.69, 9.17) is 19.9 Å². The van der Waals surface area contributed by atoms with E-state index in [9.17, 15) is 9.59 Å². The molecule has 0 fully saturated rings. The third-order valence-electron chi connectivity index (χ3n) is 10.2. The second-order valence-corrected chi connectivity index (χ2v) is 13.3. The van der Waals surface area contributed by atoms with E-state index in [0.717, 1.165) is 55.8 Å². The van der Waals surface area contributed by atoms with E-state index in [1.165, 1.54) is 11.9 Å². The number of amides is 2. The molecule has 7 nitrogen and oxygen atoms in total. The van der Waals surface area contributed by atoms with Crippen molar-refractivity contribution in [3.8, 4) is 44.5 Å². The number of carbonyl (C=O) groups excluding carboxylic acids is 2. The van der Waals surface area contributed by atoms with Crippen molar-refractivity contribution in [2.75, 3.05) is 7.05 Å². The molecule has 4 aromatic carbocycles. The van der Waals surface area contributed by atoms with Gasteiger partial charge in [-0.15, -0.1) is 22.1 Å². The smallest absolute Gasteiger partial charge is 0.657 e. The van der Waals surface area contributed by atoms with Crippen molar-refractivity contribution in [3.63, 3.8) is 0 Å². The van der Waals surface area contributed by atoms with Gasteiger partial charge in [-0.1, -0.05) is 146 Å². The van der Waals surface area contributed by atoms with E-state index >= 15 is 0 Å². The first-order valence-corrected chi connectivity index (χ1v) is 17.7. The predicted octanol–water partition coefficient (Wildman–Crippen LogP) is 9.32. The van der Waals surface area contributed by atoms with E-state index in [-0.39, 0.29) is 27.6 Å². The van der Waals surface area contributed by atoms with E-state index in [0.29, 0.717) is 33.5 Å². The van der Waals surface area contributed by atoms with E-state index in [1.807, 2.05) is 133 Å². The summed E-state index contributed by atoms with van der Waals surface area (Å²) >= 11 is 0. The molecule has 0 N–H and O–H groups in total. The average Bonchev–Trinajstić information content (AvgIpc) is 4.07. The summed E-state index contributed by atoms with van der Waals surface area (Å²) in [5.41, 5.74) is 12.1. The topological polar surface area (TPSA) is 91.4 Å². The largest absolute Gasteiger partial charge is 2.00 e. The number of benzene rings is 4. The molecular weight excluding hydrogens is 725 g/mol. The number of hydrogen-bond donors (Lipinski definition) is 0. The third kappa shape index (κ3) is 5.49. The molecule has 0 unspecified atom stereocenters. The van der Waals surface area contributed by atoms with Crippen molar-refractivity contribution < 1.29 is 26.1 Å². The SMILES string of the molecule is CN1C(=O)C2=C(C1=O)c1nc2c(-c2ccccc2)c2ccc([n-]2)c(-c2ccccc2)c2nc(c(-c3ccccc3)c3ccc([n-]3)c1-c1ccccc1)C=C2.[Ni+2]. The number of likely N-dealkylation sites (N-methyl/N-ethyl adjacent to an activating group) is 1. The second kappa shape index (κ2) is 13.5. The molecule has 8 heteroatoms. The molecule has 10 rings (SSSR count). The Bertz CT molecular complexity index is 2720. The van der Waals surface area contributed by atoms with Gasteiger partial charge in [0.1, 0.15) is 0 Å². The van der Waals surface area contributed by atoms with Crippen molar-refractivity contribution in [1.29, 1.82) is 0 Å². The molecule has 3 aliphatic rings. The van der Waals surface area contributed by atoms with Crippen LogP contribution in [0.15, 0.2) is 146 Å². The third-order valence-corrected chi connectivity index (χ3v) is 10.2. The van der Waals surface area contributed by atoms with Crippen LogP contribution in [-0.4, -0.2) is 33.7 Å². The Hall–Kier alpha value is -6.89. The van der Waals surface area contributed by atoms with Gasteiger partial charge in [-0.25, -0.2) is 9.97 Å². The van der Waals surface area contributed by atoms with Crippen LogP contribution in [0.25, 0.3) is 89.9 Å². The molecule has 3 aromatic heterocycles. The number of imide groups is 1. The van der Waals surface area contributed by atoms with Crippen LogP contribution in [-0.2, 0) is 26.1 Å². The van der Waals surface area contributed by atoms with Gasteiger partial charge in [-0.05, 0) is 56.7 Å². The molecule has 0 aliphatic carbocycles. The van der Waals surface area contributed by atoms with Crippen LogP contribution in [0.2, 0.25) is 0 Å². The van der Waals surface area contributed by atoms with Crippen LogP contribution >= 0.6 is 0 Å². The van der Waals surface area contributed by atoms with Crippen molar-refractivity contribution >= 4 is 57.2 Å². The van der Waals surface area contributed by atoms with Gasteiger partial charge < -0.3 is 9.97 Å². The molecule has 0 spiro atoms. The van der Waals surface area contributed by atoms with Gasteiger partial charge in [-0.3, -0.25) is 14.5 Å². The Morgan fingerprint density at radius 2 is 0.727 bits per heavy atom. The first-order chi connectivity index (χ1) is 26.5. The Morgan fingerprint density at radius 1 is 0.418 bits per heavy atom. The van der Waals surface area contributed by atoms with Gasteiger partial charge in [0.05, 0.1) is 33.9 Å². The Balaban J connectivity index is 0.00000397. The molecule has 0 saturated carbocycles. The molecule has 55 heavy (non-hydrogen) atoms. The number of rotatable bonds is 4. The minimum atomic E-state index is -0.408. The normalized spacial score (nSPS) is 13.3. The number of aromatic nitrogens is 4. The fourth-order valence-electron chi connectivity index (χ4n) is 7.67. The Kier molecular flexibility index (Phi) is 8.33. The van der Waals surface area contributed by atoms with Crippen LogP contribution in [0.1, 0.15) is 22.8 Å². The van der Waals surface area contributed by atoms with Gasteiger partial charge in [-0.2, -0.15) is 0 Å². The van der Waals surface area contributed by atoms with Crippen molar-refractivity contribution in [2.45, 2.75) is 0 Å².